The highest BCUT2D eigenvalue weighted by molar-refractivity contribution is 5.94. The highest BCUT2D eigenvalue weighted by Gasteiger charge is 2.20. The number of nitrogens with one attached hydrogen (secondary N) is 1. The van der Waals surface area contributed by atoms with Gasteiger partial charge in [0.15, 0.2) is 11.5 Å². The third-order valence-electron chi connectivity index (χ3n) is 5.44. The third kappa shape index (κ3) is 3.71. The number of aromatic amines is 1. The maximum absolute atomic E-state index is 11.7. The standard InChI is InChI=1S/C23H20N6O4/c1-2-5-19-26-29-21(18(12-24-29)22(30)31)28(19)13-14-8-10-15(11-9-14)16-6-3-4-7-17(16)20-25-23(32)33-27-20/h3-4,6-12H,2,5,13H2,1H3,(H,30,31)(H,25,27,32). The lowest BCUT2D eigenvalue weighted by Gasteiger charge is -2.10. The fourth-order valence-electron chi connectivity index (χ4n) is 3.93. The smallest absolute Gasteiger partial charge is 0.439 e. The molecule has 5 rings (SSSR count). The summed E-state index contributed by atoms with van der Waals surface area (Å²) in [6.45, 7) is 2.51. The SMILES string of the molecule is CCCc1nn2ncc(C(=O)O)c2n1Cc1ccc(-c2ccccc2-c2noc(=O)[nH]2)cc1. The first-order valence-corrected chi connectivity index (χ1v) is 10.5. The van der Waals surface area contributed by atoms with Gasteiger partial charge in [-0.15, -0.1) is 9.73 Å². The Kier molecular flexibility index (Phi) is 5.09. The molecule has 0 aliphatic heterocycles. The molecule has 0 atom stereocenters. The summed E-state index contributed by atoms with van der Waals surface area (Å²) in [7, 11) is 0. The molecule has 166 valence electrons. The van der Waals surface area contributed by atoms with E-state index in [0.717, 1.165) is 34.5 Å². The van der Waals surface area contributed by atoms with E-state index in [1.54, 1.807) is 0 Å². The molecule has 0 aliphatic rings. The van der Waals surface area contributed by atoms with Crippen molar-refractivity contribution in [3.8, 4) is 22.5 Å². The van der Waals surface area contributed by atoms with Gasteiger partial charge in [0.05, 0.1) is 12.7 Å². The van der Waals surface area contributed by atoms with E-state index in [1.165, 1.54) is 10.8 Å². The molecule has 0 saturated carbocycles. The van der Waals surface area contributed by atoms with Gasteiger partial charge >= 0.3 is 11.7 Å². The quantitative estimate of drug-likeness (QED) is 0.394. The summed E-state index contributed by atoms with van der Waals surface area (Å²) in [6.07, 6.45) is 2.91. The zero-order chi connectivity index (χ0) is 22.9. The van der Waals surface area contributed by atoms with E-state index in [-0.39, 0.29) is 5.56 Å². The van der Waals surface area contributed by atoms with Crippen LogP contribution in [0.25, 0.3) is 28.2 Å². The summed E-state index contributed by atoms with van der Waals surface area (Å²) in [5.41, 5.74) is 4.17. The van der Waals surface area contributed by atoms with Crippen LogP contribution in [0, 0.1) is 0 Å². The van der Waals surface area contributed by atoms with Crippen LogP contribution in [-0.4, -0.2) is 40.6 Å². The molecule has 3 heterocycles. The number of hydrogen-bond donors (Lipinski definition) is 2. The van der Waals surface area contributed by atoms with E-state index in [1.807, 2.05) is 60.0 Å². The van der Waals surface area contributed by atoms with Crippen molar-refractivity contribution in [2.75, 3.05) is 0 Å². The number of aryl methyl sites for hydroxylation is 1. The zero-order valence-corrected chi connectivity index (χ0v) is 17.7. The molecule has 0 radical (unpaired) electrons. The molecule has 0 spiro atoms. The van der Waals surface area contributed by atoms with Gasteiger partial charge in [0, 0.05) is 12.0 Å². The Hall–Kier alpha value is -4.47. The van der Waals surface area contributed by atoms with Crippen molar-refractivity contribution in [2.24, 2.45) is 0 Å². The average molecular weight is 444 g/mol. The number of H-pyrrole nitrogens is 1. The molecule has 0 amide bonds. The van der Waals surface area contributed by atoms with Crippen molar-refractivity contribution < 1.29 is 14.4 Å². The van der Waals surface area contributed by atoms with Crippen LogP contribution in [0.3, 0.4) is 0 Å². The van der Waals surface area contributed by atoms with Crippen LogP contribution in [0.4, 0.5) is 0 Å². The molecule has 10 nitrogen and oxygen atoms in total. The fourth-order valence-corrected chi connectivity index (χ4v) is 3.93. The molecular weight excluding hydrogens is 424 g/mol. The summed E-state index contributed by atoms with van der Waals surface area (Å²) in [6, 6.07) is 15.5. The highest BCUT2D eigenvalue weighted by Crippen LogP contribution is 2.30. The Morgan fingerprint density at radius 3 is 2.55 bits per heavy atom. The Labute approximate surface area is 187 Å². The number of fused-ring (bicyclic) bond motifs is 1. The van der Waals surface area contributed by atoms with Crippen LogP contribution < -0.4 is 5.76 Å². The Morgan fingerprint density at radius 1 is 1.12 bits per heavy atom. The highest BCUT2D eigenvalue weighted by atomic mass is 16.5. The Balaban J connectivity index is 1.51. The lowest BCUT2D eigenvalue weighted by atomic mass is 9.98. The van der Waals surface area contributed by atoms with Crippen molar-refractivity contribution in [3.05, 3.63) is 82.2 Å². The van der Waals surface area contributed by atoms with Gasteiger partial charge in [-0.05, 0) is 23.1 Å². The fraction of sp³-hybridized carbons (Fsp3) is 0.174. The molecule has 3 aromatic heterocycles. The minimum Gasteiger partial charge on any atom is -0.477 e. The van der Waals surface area contributed by atoms with Gasteiger partial charge in [-0.3, -0.25) is 9.51 Å². The first-order chi connectivity index (χ1) is 16.0. The van der Waals surface area contributed by atoms with Gasteiger partial charge < -0.3 is 9.67 Å². The minimum atomic E-state index is -1.04. The number of hydrogen-bond acceptors (Lipinski definition) is 6. The molecular formula is C23H20N6O4. The van der Waals surface area contributed by atoms with Crippen molar-refractivity contribution in [3.63, 3.8) is 0 Å². The number of aromatic nitrogens is 6. The number of carboxylic acid groups (broad SMARTS) is 1. The second-order valence-corrected chi connectivity index (χ2v) is 7.61. The number of aromatic carboxylic acids is 1. The molecule has 0 fully saturated rings. The predicted octanol–water partition coefficient (Wildman–Crippen LogP) is 3.24. The first kappa shape index (κ1) is 20.4. The van der Waals surface area contributed by atoms with Gasteiger partial charge in [0.1, 0.15) is 11.4 Å². The first-order valence-electron chi connectivity index (χ1n) is 10.5. The second-order valence-electron chi connectivity index (χ2n) is 7.61. The van der Waals surface area contributed by atoms with Crippen LogP contribution in [-0.2, 0) is 13.0 Å². The van der Waals surface area contributed by atoms with Crippen LogP contribution in [0.5, 0.6) is 0 Å². The van der Waals surface area contributed by atoms with Crippen molar-refractivity contribution in [2.45, 2.75) is 26.3 Å². The van der Waals surface area contributed by atoms with Crippen LogP contribution in [0.15, 0.2) is 64.0 Å². The normalized spacial score (nSPS) is 11.3. The molecule has 0 aliphatic carbocycles. The van der Waals surface area contributed by atoms with Gasteiger partial charge in [-0.25, -0.2) is 9.59 Å². The van der Waals surface area contributed by atoms with Crippen LogP contribution in [0.1, 0.15) is 35.1 Å². The predicted molar refractivity (Wildman–Crippen MR) is 119 cm³/mol. The van der Waals surface area contributed by atoms with E-state index in [0.29, 0.717) is 24.4 Å². The zero-order valence-electron chi connectivity index (χ0n) is 17.7. The molecule has 0 saturated heterocycles. The van der Waals surface area contributed by atoms with Crippen LogP contribution >= 0.6 is 0 Å². The lowest BCUT2D eigenvalue weighted by Crippen LogP contribution is -2.08. The second kappa shape index (κ2) is 8.23. The maximum Gasteiger partial charge on any atom is 0.439 e. The van der Waals surface area contributed by atoms with Crippen molar-refractivity contribution in [1.29, 1.82) is 0 Å². The Morgan fingerprint density at radius 2 is 1.88 bits per heavy atom. The number of nitrogens with zero attached hydrogens (tertiary/aromatic N) is 5. The van der Waals surface area contributed by atoms with Crippen molar-refractivity contribution >= 4 is 11.6 Å². The summed E-state index contributed by atoms with van der Waals surface area (Å²) in [4.78, 5) is 25.6. The minimum absolute atomic E-state index is 0.122. The average Bonchev–Trinajstić information content (AvgIpc) is 3.51. The van der Waals surface area contributed by atoms with Crippen molar-refractivity contribution in [1.82, 2.24) is 29.5 Å². The number of rotatable bonds is 7. The summed E-state index contributed by atoms with van der Waals surface area (Å²) in [5, 5.41) is 21.9. The molecule has 0 unspecified atom stereocenters. The third-order valence-corrected chi connectivity index (χ3v) is 5.44. The Bertz CT molecular complexity index is 1510. The van der Waals surface area contributed by atoms with Gasteiger partial charge in [0.2, 0.25) is 0 Å². The largest absolute Gasteiger partial charge is 0.477 e. The van der Waals surface area contributed by atoms with Gasteiger partial charge in [-0.2, -0.15) is 5.10 Å². The van der Waals surface area contributed by atoms with Crippen LogP contribution in [0.2, 0.25) is 0 Å². The monoisotopic (exact) mass is 444 g/mol. The van der Waals surface area contributed by atoms with E-state index in [2.05, 4.69) is 24.9 Å². The summed E-state index contributed by atoms with van der Waals surface area (Å²) in [5.74, 6) is -0.489. The summed E-state index contributed by atoms with van der Waals surface area (Å²) >= 11 is 0. The molecule has 33 heavy (non-hydrogen) atoms. The van der Waals surface area contributed by atoms with E-state index >= 15 is 0 Å². The lowest BCUT2D eigenvalue weighted by molar-refractivity contribution is 0.0698. The van der Waals surface area contributed by atoms with Gasteiger partial charge in [0.25, 0.3) is 0 Å². The van der Waals surface area contributed by atoms with E-state index in [9.17, 15) is 14.7 Å². The maximum atomic E-state index is 11.7. The molecule has 2 N–H and O–H groups in total. The number of benzene rings is 2. The van der Waals surface area contributed by atoms with Gasteiger partial charge in [-0.1, -0.05) is 60.6 Å². The van der Waals surface area contributed by atoms with E-state index < -0.39 is 11.7 Å². The van der Waals surface area contributed by atoms with E-state index in [4.69, 9.17) is 0 Å². The summed E-state index contributed by atoms with van der Waals surface area (Å²) < 4.78 is 7.95. The molecule has 5 aromatic rings. The molecule has 0 bridgehead atoms. The number of carbonyl (C=O) groups is 1. The molecule has 2 aromatic carbocycles. The topological polar surface area (TPSA) is 131 Å². The number of carboxylic acids is 1. The molecule has 10 heteroatoms.